The third kappa shape index (κ3) is 3.77. The molecule has 88 valence electrons. The van der Waals surface area contributed by atoms with Crippen molar-refractivity contribution in [2.45, 2.75) is 26.3 Å². The molecule has 0 saturated heterocycles. The average Bonchev–Trinajstić information content (AvgIpc) is 2.16. The van der Waals surface area contributed by atoms with E-state index in [1.807, 2.05) is 26.8 Å². The summed E-state index contributed by atoms with van der Waals surface area (Å²) in [5.41, 5.74) is 2.83. The Morgan fingerprint density at radius 1 is 1.44 bits per heavy atom. The van der Waals surface area contributed by atoms with E-state index in [9.17, 15) is 4.79 Å². The zero-order valence-corrected chi connectivity index (χ0v) is 11.8. The first-order valence-electron chi connectivity index (χ1n) is 4.83. The molecule has 0 bridgehead atoms. The molecule has 1 aromatic rings. The summed E-state index contributed by atoms with van der Waals surface area (Å²) in [6.45, 7) is 5.71. The molecule has 1 rings (SSSR count). The van der Waals surface area contributed by atoms with Gasteiger partial charge in [0.2, 0.25) is 0 Å². The molecular weight excluding hydrogens is 291 g/mol. The van der Waals surface area contributed by atoms with Gasteiger partial charge in [0.25, 0.3) is 5.91 Å². The summed E-state index contributed by atoms with van der Waals surface area (Å²) in [7, 11) is 0. The second-order valence-electron chi connectivity index (χ2n) is 4.40. The van der Waals surface area contributed by atoms with E-state index in [1.165, 1.54) is 4.53 Å². The largest absolute Gasteiger partial charge is 0.270 e. The maximum Gasteiger partial charge on any atom is 0.266 e. The highest BCUT2D eigenvalue weighted by Crippen LogP contribution is 2.15. The highest BCUT2D eigenvalue weighted by Gasteiger charge is 2.21. The quantitative estimate of drug-likeness (QED) is 0.671. The molecule has 0 heterocycles. The summed E-state index contributed by atoms with van der Waals surface area (Å²) in [5.74, 6) is -0.230. The third-order valence-corrected chi connectivity index (χ3v) is 2.96. The molecule has 0 aliphatic carbocycles. The fourth-order valence-corrected chi connectivity index (χ4v) is 1.43. The molecule has 0 fully saturated rings. The minimum absolute atomic E-state index is 0.230. The molecule has 16 heavy (non-hydrogen) atoms. The third-order valence-electron chi connectivity index (χ3n) is 1.88. The van der Waals surface area contributed by atoms with Crippen LogP contribution in [0, 0.1) is 0 Å². The zero-order valence-electron chi connectivity index (χ0n) is 9.42. The highest BCUT2D eigenvalue weighted by molar-refractivity contribution is 9.10. The minimum Gasteiger partial charge on any atom is -0.270 e. The molecule has 0 atom stereocenters. The summed E-state index contributed by atoms with van der Waals surface area (Å²) in [6.07, 6.45) is 0. The molecule has 0 saturated carbocycles. The van der Waals surface area contributed by atoms with Crippen molar-refractivity contribution in [3.8, 4) is 0 Å². The number of rotatable bonds is 2. The van der Waals surface area contributed by atoms with Crippen LogP contribution < -0.4 is 5.43 Å². The maximum atomic E-state index is 11.8. The van der Waals surface area contributed by atoms with E-state index in [4.69, 9.17) is 11.8 Å². The number of hydrazine groups is 1. The van der Waals surface area contributed by atoms with Crippen molar-refractivity contribution in [3.05, 3.63) is 34.3 Å². The Hall–Kier alpha value is -0.580. The summed E-state index contributed by atoms with van der Waals surface area (Å²) in [4.78, 5) is 11.8. The van der Waals surface area contributed by atoms with Gasteiger partial charge < -0.3 is 0 Å². The summed E-state index contributed by atoms with van der Waals surface area (Å²) in [5, 5.41) is 0. The Labute approximate surface area is 109 Å². The summed E-state index contributed by atoms with van der Waals surface area (Å²) >= 11 is 9.24. The van der Waals surface area contributed by atoms with Crippen molar-refractivity contribution in [2.75, 3.05) is 0 Å². The van der Waals surface area contributed by atoms with Gasteiger partial charge in [0, 0.05) is 27.4 Å². The van der Waals surface area contributed by atoms with Gasteiger partial charge in [0.05, 0.1) is 0 Å². The predicted molar refractivity (Wildman–Crippen MR) is 69.1 cm³/mol. The van der Waals surface area contributed by atoms with Gasteiger partial charge in [-0.05, 0) is 39.0 Å². The number of hydrogen-bond acceptors (Lipinski definition) is 2. The smallest absolute Gasteiger partial charge is 0.266 e. The van der Waals surface area contributed by atoms with Crippen LogP contribution in [0.25, 0.3) is 0 Å². The van der Waals surface area contributed by atoms with Gasteiger partial charge in [-0.15, -0.1) is 4.53 Å². The van der Waals surface area contributed by atoms with Crippen LogP contribution >= 0.6 is 27.7 Å². The minimum atomic E-state index is -0.330. The molecule has 0 radical (unpaired) electrons. The number of amides is 1. The summed E-state index contributed by atoms with van der Waals surface area (Å²) < 4.78 is 2.13. The predicted octanol–water partition coefficient (Wildman–Crippen LogP) is 3.35. The second kappa shape index (κ2) is 5.17. The number of nitrogens with zero attached hydrogens (tertiary/aromatic N) is 1. The lowest BCUT2D eigenvalue weighted by Crippen LogP contribution is -2.46. The van der Waals surface area contributed by atoms with E-state index in [-0.39, 0.29) is 11.4 Å². The summed E-state index contributed by atoms with van der Waals surface area (Å²) in [6, 6.07) is 7.13. The molecule has 3 nitrogen and oxygen atoms in total. The van der Waals surface area contributed by atoms with E-state index in [0.717, 1.165) is 4.47 Å². The van der Waals surface area contributed by atoms with Crippen LogP contribution in [0.3, 0.4) is 0 Å². The van der Waals surface area contributed by atoms with Crippen molar-refractivity contribution >= 4 is 33.6 Å². The first-order valence-corrected chi connectivity index (χ1v) is 5.96. The Morgan fingerprint density at radius 2 is 2.06 bits per heavy atom. The van der Waals surface area contributed by atoms with E-state index in [1.54, 1.807) is 18.2 Å². The van der Waals surface area contributed by atoms with E-state index >= 15 is 0 Å². The van der Waals surface area contributed by atoms with Gasteiger partial charge in [0.15, 0.2) is 0 Å². The molecule has 1 N–H and O–H groups in total. The average molecular weight is 306 g/mol. The number of nitrogens with one attached hydrogen (secondary N) is 1. The van der Waals surface area contributed by atoms with Crippen LogP contribution in [-0.2, 0) is 0 Å². The maximum absolute atomic E-state index is 11.8. The van der Waals surface area contributed by atoms with Crippen LogP contribution in [0.1, 0.15) is 31.1 Å². The molecule has 1 aromatic carbocycles. The van der Waals surface area contributed by atoms with Crippen LogP contribution in [0.5, 0.6) is 0 Å². The zero-order chi connectivity index (χ0) is 12.3. The standard InChI is InChI=1S/C11H14BrClN2O/c1-11(2,3)15(13)14-10(16)8-5-4-6-9(12)7-8/h4-7H,1-3H3,(H,14,16). The van der Waals surface area contributed by atoms with Gasteiger partial charge in [-0.1, -0.05) is 22.0 Å². The van der Waals surface area contributed by atoms with Gasteiger partial charge >= 0.3 is 0 Å². The molecule has 0 spiro atoms. The Bertz CT molecular complexity index is 390. The van der Waals surface area contributed by atoms with Crippen molar-refractivity contribution < 1.29 is 4.79 Å². The van der Waals surface area contributed by atoms with Crippen LogP contribution in [-0.4, -0.2) is 16.0 Å². The molecule has 1 amide bonds. The van der Waals surface area contributed by atoms with Crippen LogP contribution in [0.15, 0.2) is 28.7 Å². The number of carbonyl (C=O) groups excluding carboxylic acids is 1. The fourth-order valence-electron chi connectivity index (χ4n) is 0.951. The number of halogens is 2. The first kappa shape index (κ1) is 13.5. The monoisotopic (exact) mass is 304 g/mol. The number of hydrogen-bond donors (Lipinski definition) is 1. The Kier molecular flexibility index (Phi) is 4.35. The highest BCUT2D eigenvalue weighted by atomic mass is 79.9. The Morgan fingerprint density at radius 3 is 2.56 bits per heavy atom. The van der Waals surface area contributed by atoms with E-state index in [2.05, 4.69) is 21.4 Å². The molecular formula is C11H14BrClN2O. The molecule has 0 aliphatic heterocycles. The SMILES string of the molecule is CC(C)(C)N(Cl)NC(=O)c1cccc(Br)c1. The molecule has 5 heteroatoms. The first-order chi connectivity index (χ1) is 7.30. The second-order valence-corrected chi connectivity index (χ2v) is 5.66. The van der Waals surface area contributed by atoms with Crippen molar-refractivity contribution in [1.82, 2.24) is 9.95 Å². The molecule has 0 aliphatic rings. The lowest BCUT2D eigenvalue weighted by atomic mass is 10.1. The van der Waals surface area contributed by atoms with Crippen molar-refractivity contribution in [2.24, 2.45) is 0 Å². The number of carbonyl (C=O) groups is 1. The Balaban J connectivity index is 2.74. The fraction of sp³-hybridized carbons (Fsp3) is 0.364. The van der Waals surface area contributed by atoms with E-state index in [0.29, 0.717) is 5.56 Å². The van der Waals surface area contributed by atoms with Gasteiger partial charge in [-0.3, -0.25) is 10.2 Å². The number of benzene rings is 1. The lowest BCUT2D eigenvalue weighted by Gasteiger charge is -2.28. The van der Waals surface area contributed by atoms with Crippen LogP contribution in [0.2, 0.25) is 0 Å². The normalized spacial score (nSPS) is 11.6. The van der Waals surface area contributed by atoms with Gasteiger partial charge in [-0.2, -0.15) is 0 Å². The topological polar surface area (TPSA) is 32.3 Å². The van der Waals surface area contributed by atoms with Crippen molar-refractivity contribution in [3.63, 3.8) is 0 Å². The lowest BCUT2D eigenvalue weighted by molar-refractivity contribution is 0.0806. The van der Waals surface area contributed by atoms with Gasteiger partial charge in [-0.25, -0.2) is 0 Å². The van der Waals surface area contributed by atoms with Crippen molar-refractivity contribution in [1.29, 1.82) is 0 Å². The van der Waals surface area contributed by atoms with Crippen LogP contribution in [0.4, 0.5) is 0 Å². The molecule has 0 aromatic heterocycles. The molecule has 0 unspecified atom stereocenters. The van der Waals surface area contributed by atoms with Gasteiger partial charge in [0.1, 0.15) is 0 Å². The van der Waals surface area contributed by atoms with E-state index < -0.39 is 0 Å².